The van der Waals surface area contributed by atoms with E-state index in [0.717, 1.165) is 56.3 Å². The lowest BCUT2D eigenvalue weighted by Crippen LogP contribution is -2.61. The van der Waals surface area contributed by atoms with Crippen LogP contribution in [0.2, 0.25) is 0 Å². The summed E-state index contributed by atoms with van der Waals surface area (Å²) in [6, 6.07) is 7.05. The summed E-state index contributed by atoms with van der Waals surface area (Å²) in [5.74, 6) is -0.407. The van der Waals surface area contributed by atoms with Crippen molar-refractivity contribution in [1.82, 2.24) is 9.21 Å². The maximum absolute atomic E-state index is 13.6. The average molecular weight is 435 g/mol. The molecule has 0 aromatic heterocycles. The maximum Gasteiger partial charge on any atom is 0.332 e. The summed E-state index contributed by atoms with van der Waals surface area (Å²) in [7, 11) is -3.66. The largest absolute Gasteiger partial charge is 0.463 e. The van der Waals surface area contributed by atoms with Crippen LogP contribution in [0.3, 0.4) is 0 Å². The fourth-order valence-electron chi connectivity index (χ4n) is 4.57. The molecular weight excluding hydrogens is 400 g/mol. The molecule has 2 unspecified atom stereocenters. The molecule has 3 rings (SSSR count). The van der Waals surface area contributed by atoms with Crippen LogP contribution in [0.1, 0.15) is 57.9 Å². The van der Waals surface area contributed by atoms with Crippen molar-refractivity contribution in [2.24, 2.45) is 0 Å². The van der Waals surface area contributed by atoms with E-state index in [4.69, 9.17) is 4.74 Å². The molecule has 166 valence electrons. The first-order chi connectivity index (χ1) is 14.4. The molecule has 2 fully saturated rings. The van der Waals surface area contributed by atoms with Crippen LogP contribution < -0.4 is 0 Å². The maximum atomic E-state index is 13.6. The van der Waals surface area contributed by atoms with Gasteiger partial charge in [0.2, 0.25) is 10.0 Å². The fourth-order valence-corrected chi connectivity index (χ4v) is 6.22. The van der Waals surface area contributed by atoms with E-state index in [2.05, 4.69) is 11.8 Å². The van der Waals surface area contributed by atoms with Gasteiger partial charge in [0.1, 0.15) is 0 Å². The number of fused-ring (bicyclic) bond motifs is 1. The predicted molar refractivity (Wildman–Crippen MR) is 117 cm³/mol. The van der Waals surface area contributed by atoms with Gasteiger partial charge in [-0.3, -0.25) is 0 Å². The number of sulfonamides is 1. The minimum atomic E-state index is -3.66. The van der Waals surface area contributed by atoms with Crippen LogP contribution in [0.15, 0.2) is 40.9 Å². The molecular formula is C23H34N2O4S. The Bertz CT molecular complexity index is 864. The highest BCUT2D eigenvalue weighted by atomic mass is 32.2. The van der Waals surface area contributed by atoms with E-state index < -0.39 is 16.0 Å². The van der Waals surface area contributed by atoms with Gasteiger partial charge >= 0.3 is 5.97 Å². The molecule has 1 aromatic rings. The van der Waals surface area contributed by atoms with Crippen molar-refractivity contribution in [2.45, 2.75) is 76.3 Å². The zero-order valence-corrected chi connectivity index (χ0v) is 19.2. The van der Waals surface area contributed by atoms with Crippen molar-refractivity contribution in [3.05, 3.63) is 41.6 Å². The third-order valence-corrected chi connectivity index (χ3v) is 7.99. The topological polar surface area (TPSA) is 66.9 Å². The second-order valence-corrected chi connectivity index (χ2v) is 10.1. The molecule has 1 heterocycles. The number of rotatable bonds is 7. The van der Waals surface area contributed by atoms with Crippen molar-refractivity contribution in [3.63, 3.8) is 0 Å². The van der Waals surface area contributed by atoms with Crippen LogP contribution in [0, 0.1) is 6.92 Å². The first-order valence-corrected chi connectivity index (χ1v) is 12.5. The molecule has 0 spiro atoms. The molecule has 1 saturated carbocycles. The Morgan fingerprint density at radius 2 is 1.80 bits per heavy atom. The molecule has 1 aliphatic heterocycles. The lowest BCUT2D eigenvalue weighted by atomic mass is 9.86. The molecule has 2 atom stereocenters. The Kier molecular flexibility index (Phi) is 7.58. The second-order valence-electron chi connectivity index (χ2n) is 8.22. The van der Waals surface area contributed by atoms with Gasteiger partial charge in [-0.15, -0.1) is 0 Å². The number of aryl methyl sites for hydroxylation is 1. The van der Waals surface area contributed by atoms with E-state index in [0.29, 0.717) is 11.5 Å². The average Bonchev–Trinajstić information content (AvgIpc) is 2.73. The molecule has 2 aliphatic rings. The molecule has 0 radical (unpaired) electrons. The Morgan fingerprint density at radius 1 is 1.13 bits per heavy atom. The number of benzene rings is 1. The number of nitrogens with zero attached hydrogens (tertiary/aromatic N) is 2. The van der Waals surface area contributed by atoms with Gasteiger partial charge < -0.3 is 9.64 Å². The smallest absolute Gasteiger partial charge is 0.332 e. The normalized spacial score (nSPS) is 24.0. The number of carbonyl (C=O) groups is 1. The summed E-state index contributed by atoms with van der Waals surface area (Å²) in [6.45, 7) is 7.21. The summed E-state index contributed by atoms with van der Waals surface area (Å²) in [5, 5.41) is 0. The van der Waals surface area contributed by atoms with Crippen molar-refractivity contribution in [3.8, 4) is 0 Å². The molecule has 30 heavy (non-hydrogen) atoms. The SMILES string of the molecule is CCCCN1/C(=C/C(=O)OCC)CN(S(=O)(=O)c2ccc(C)cc2)C2CCCCC21. The van der Waals surface area contributed by atoms with E-state index in [-0.39, 0.29) is 18.6 Å². The first kappa shape index (κ1) is 22.8. The van der Waals surface area contributed by atoms with Gasteiger partial charge in [0.25, 0.3) is 0 Å². The summed E-state index contributed by atoms with van der Waals surface area (Å²) in [6.07, 6.45) is 7.45. The highest BCUT2D eigenvalue weighted by molar-refractivity contribution is 7.89. The van der Waals surface area contributed by atoms with Gasteiger partial charge in [-0.2, -0.15) is 4.31 Å². The molecule has 6 nitrogen and oxygen atoms in total. The Hall–Kier alpha value is -1.86. The lowest BCUT2D eigenvalue weighted by Gasteiger charge is -2.51. The number of carbonyl (C=O) groups excluding carboxylic acids is 1. The Labute approximate surface area is 180 Å². The number of piperazine rings is 1. The highest BCUT2D eigenvalue weighted by Gasteiger charge is 2.45. The minimum absolute atomic E-state index is 0.0683. The first-order valence-electron chi connectivity index (χ1n) is 11.1. The van der Waals surface area contributed by atoms with Crippen LogP contribution in [0.25, 0.3) is 0 Å². The number of ether oxygens (including phenoxy) is 1. The summed E-state index contributed by atoms with van der Waals surface area (Å²) in [4.78, 5) is 14.9. The van der Waals surface area contributed by atoms with E-state index in [9.17, 15) is 13.2 Å². The van der Waals surface area contributed by atoms with Crippen molar-refractivity contribution in [1.29, 1.82) is 0 Å². The van der Waals surface area contributed by atoms with Crippen molar-refractivity contribution < 1.29 is 17.9 Å². The van der Waals surface area contributed by atoms with E-state index in [1.807, 2.05) is 19.1 Å². The summed E-state index contributed by atoms with van der Waals surface area (Å²) >= 11 is 0. The molecule has 1 saturated heterocycles. The highest BCUT2D eigenvalue weighted by Crippen LogP contribution is 2.37. The number of esters is 1. The molecule has 7 heteroatoms. The van der Waals surface area contributed by atoms with Crippen molar-refractivity contribution in [2.75, 3.05) is 19.7 Å². The lowest BCUT2D eigenvalue weighted by molar-refractivity contribution is -0.137. The van der Waals surface area contributed by atoms with E-state index in [1.54, 1.807) is 23.4 Å². The molecule has 0 amide bonds. The van der Waals surface area contributed by atoms with Crippen LogP contribution >= 0.6 is 0 Å². The Morgan fingerprint density at radius 3 is 2.43 bits per heavy atom. The van der Waals surface area contributed by atoms with E-state index >= 15 is 0 Å². The van der Waals surface area contributed by atoms with Crippen LogP contribution in [-0.2, 0) is 19.6 Å². The predicted octanol–water partition coefficient (Wildman–Crippen LogP) is 3.86. The van der Waals surface area contributed by atoms with Crippen LogP contribution in [0.5, 0.6) is 0 Å². The van der Waals surface area contributed by atoms with Gasteiger partial charge in [-0.1, -0.05) is 43.9 Å². The number of hydrogen-bond acceptors (Lipinski definition) is 5. The van der Waals surface area contributed by atoms with Gasteiger partial charge in [0.15, 0.2) is 0 Å². The molecule has 0 N–H and O–H groups in total. The number of hydrogen-bond donors (Lipinski definition) is 0. The van der Waals surface area contributed by atoms with Gasteiger partial charge in [-0.05, 0) is 45.2 Å². The van der Waals surface area contributed by atoms with Crippen LogP contribution in [-0.4, -0.2) is 55.4 Å². The van der Waals surface area contributed by atoms with Crippen molar-refractivity contribution >= 4 is 16.0 Å². The van der Waals surface area contributed by atoms with Crippen LogP contribution in [0.4, 0.5) is 0 Å². The summed E-state index contributed by atoms with van der Waals surface area (Å²) in [5.41, 5.74) is 1.78. The van der Waals surface area contributed by atoms with Gasteiger partial charge in [0.05, 0.1) is 18.0 Å². The standard InChI is InChI=1S/C23H34N2O4S/c1-4-6-15-24-19(16-23(26)29-5-2)17-25(22-10-8-7-9-21(22)24)30(27,28)20-13-11-18(3)12-14-20/h11-14,16,21-22H,4-10,15,17H2,1-3H3/b19-16+. The zero-order valence-electron chi connectivity index (χ0n) is 18.3. The monoisotopic (exact) mass is 434 g/mol. The second kappa shape index (κ2) is 9.96. The molecule has 1 aromatic carbocycles. The summed E-state index contributed by atoms with van der Waals surface area (Å²) < 4.78 is 34.0. The van der Waals surface area contributed by atoms with Gasteiger partial charge in [0, 0.05) is 30.4 Å². The fraction of sp³-hybridized carbons (Fsp3) is 0.609. The molecule has 0 bridgehead atoms. The van der Waals surface area contributed by atoms with Gasteiger partial charge in [-0.25, -0.2) is 13.2 Å². The van der Waals surface area contributed by atoms with E-state index in [1.165, 1.54) is 6.08 Å². The number of unbranched alkanes of at least 4 members (excludes halogenated alkanes) is 1. The quantitative estimate of drug-likeness (QED) is 0.482. The minimum Gasteiger partial charge on any atom is -0.463 e. The Balaban J connectivity index is 2.00. The third kappa shape index (κ3) is 4.89. The zero-order chi connectivity index (χ0) is 21.7. The molecule has 1 aliphatic carbocycles. The third-order valence-electron chi connectivity index (χ3n) is 6.10.